The molecule has 2 heteroatoms. The number of benzene rings is 2. The van der Waals surface area contributed by atoms with Crippen molar-refractivity contribution in [2.24, 2.45) is 0 Å². The van der Waals surface area contributed by atoms with Gasteiger partial charge in [-0.1, -0.05) is 137 Å². The Morgan fingerprint density at radius 3 is 1.07 bits per heavy atom. The fourth-order valence-corrected chi connectivity index (χ4v) is 13.1. The summed E-state index contributed by atoms with van der Waals surface area (Å²) in [5.74, 6) is 0. The van der Waals surface area contributed by atoms with Crippen LogP contribution in [0.4, 0.5) is 0 Å². The first kappa shape index (κ1) is 22.2. The largest absolute Gasteiger partial charge is 0.0862 e. The van der Waals surface area contributed by atoms with Crippen LogP contribution >= 0.6 is 0 Å². The Bertz CT molecular complexity index is 634. The van der Waals surface area contributed by atoms with E-state index in [9.17, 15) is 0 Å². The Hall–Kier alpha value is -1.13. The predicted molar refractivity (Wildman–Crippen MR) is 129 cm³/mol. The summed E-state index contributed by atoms with van der Waals surface area (Å²) in [5.41, 5.74) is 3.21. The molecule has 0 nitrogen and oxygen atoms in total. The van der Waals surface area contributed by atoms with Gasteiger partial charge in [-0.2, -0.15) is 0 Å². The van der Waals surface area contributed by atoms with Gasteiger partial charge in [0.05, 0.1) is 16.1 Å². The van der Waals surface area contributed by atoms with Crippen molar-refractivity contribution in [3.63, 3.8) is 0 Å². The zero-order valence-electron chi connectivity index (χ0n) is 18.6. The topological polar surface area (TPSA) is 0 Å². The first-order valence-corrected chi connectivity index (χ1v) is 16.5. The van der Waals surface area contributed by atoms with Gasteiger partial charge in [0, 0.05) is 0 Å². The molecule has 0 saturated heterocycles. The van der Waals surface area contributed by atoms with Crippen LogP contribution < -0.4 is 10.4 Å². The van der Waals surface area contributed by atoms with Crippen molar-refractivity contribution < 1.29 is 0 Å². The van der Waals surface area contributed by atoms with E-state index in [1.54, 1.807) is 21.5 Å². The molecule has 0 heterocycles. The molecule has 0 radical (unpaired) electrons. The van der Waals surface area contributed by atoms with E-state index < -0.39 is 16.1 Å². The van der Waals surface area contributed by atoms with Crippen LogP contribution in [0.3, 0.4) is 0 Å². The molecule has 0 fully saturated rings. The maximum absolute atomic E-state index is 2.46. The number of hydrogen-bond donors (Lipinski definition) is 0. The van der Waals surface area contributed by atoms with Crippen LogP contribution in [0.25, 0.3) is 0 Å². The summed E-state index contributed by atoms with van der Waals surface area (Å²) in [6, 6.07) is 27.0. The van der Waals surface area contributed by atoms with E-state index in [1.807, 2.05) is 0 Å². The molecule has 0 N–H and O–H groups in total. The predicted octanol–water partition coefficient (Wildman–Crippen LogP) is 6.71. The highest BCUT2D eigenvalue weighted by atomic mass is 28.3. The first-order valence-electron chi connectivity index (χ1n) is 11.2. The van der Waals surface area contributed by atoms with E-state index in [-0.39, 0.29) is 0 Å². The van der Waals surface area contributed by atoms with Gasteiger partial charge in [-0.3, -0.25) is 0 Å². The van der Waals surface area contributed by atoms with E-state index in [4.69, 9.17) is 0 Å². The third-order valence-corrected chi connectivity index (χ3v) is 19.0. The second-order valence-corrected chi connectivity index (χ2v) is 18.6. The summed E-state index contributed by atoms with van der Waals surface area (Å²) < 4.78 is 0. The molecule has 2 aromatic rings. The van der Waals surface area contributed by atoms with Crippen molar-refractivity contribution in [3.8, 4) is 0 Å². The fourth-order valence-electron chi connectivity index (χ4n) is 5.23. The minimum Gasteiger partial charge on any atom is -0.0675 e. The molecule has 0 bridgehead atoms. The molecule has 148 valence electrons. The second-order valence-electron chi connectivity index (χ2n) is 8.17. The maximum atomic E-state index is 2.46. The zero-order chi connectivity index (χ0) is 19.9. The van der Waals surface area contributed by atoms with Gasteiger partial charge < -0.3 is 0 Å². The van der Waals surface area contributed by atoms with Gasteiger partial charge in [0.15, 0.2) is 0 Å². The molecule has 0 amide bonds. The monoisotopic (exact) mass is 396 g/mol. The van der Waals surface area contributed by atoms with Crippen LogP contribution in [0, 0.1) is 0 Å². The standard InChI is InChI=1S/C25H40Si2/c1-7-26(8-2,9-3)24-19-15-13-17-22(24)21-23-18-14-16-20-25(23)27(10-4,11-5)12-6/h13-20H,7-12,21H2,1-6H3. The quantitative estimate of drug-likeness (QED) is 0.391. The third-order valence-electron chi connectivity index (χ3n) is 7.62. The van der Waals surface area contributed by atoms with Crippen molar-refractivity contribution in [2.75, 3.05) is 0 Å². The highest BCUT2D eigenvalue weighted by Crippen LogP contribution is 2.25. The van der Waals surface area contributed by atoms with E-state index in [0.29, 0.717) is 0 Å². The Labute approximate surface area is 170 Å². The highest BCUT2D eigenvalue weighted by Gasteiger charge is 2.33. The molecular formula is C25H40Si2. The first-order chi connectivity index (χ1) is 13.1. The molecule has 0 aliphatic heterocycles. The van der Waals surface area contributed by atoms with Gasteiger partial charge in [0.2, 0.25) is 0 Å². The molecule has 0 saturated carbocycles. The lowest BCUT2D eigenvalue weighted by Crippen LogP contribution is -2.49. The summed E-state index contributed by atoms with van der Waals surface area (Å²) in [4.78, 5) is 0. The summed E-state index contributed by atoms with van der Waals surface area (Å²) >= 11 is 0. The molecule has 0 spiro atoms. The molecule has 27 heavy (non-hydrogen) atoms. The molecule has 0 aromatic heterocycles. The Morgan fingerprint density at radius 2 is 0.778 bits per heavy atom. The normalized spacial score (nSPS) is 12.4. The number of hydrogen-bond acceptors (Lipinski definition) is 0. The molecule has 2 aromatic carbocycles. The molecule has 2 rings (SSSR count). The zero-order valence-corrected chi connectivity index (χ0v) is 20.6. The second kappa shape index (κ2) is 9.88. The van der Waals surface area contributed by atoms with Gasteiger partial charge in [-0.15, -0.1) is 0 Å². The lowest BCUT2D eigenvalue weighted by Gasteiger charge is -2.33. The van der Waals surface area contributed by atoms with Crippen molar-refractivity contribution in [2.45, 2.75) is 84.2 Å². The van der Waals surface area contributed by atoms with Gasteiger partial charge in [-0.25, -0.2) is 0 Å². The van der Waals surface area contributed by atoms with Gasteiger partial charge >= 0.3 is 0 Å². The van der Waals surface area contributed by atoms with Crippen LogP contribution in [0.5, 0.6) is 0 Å². The summed E-state index contributed by atoms with van der Waals surface area (Å²) in [5, 5.41) is 3.45. The average Bonchev–Trinajstić information content (AvgIpc) is 2.73. The minimum absolute atomic E-state index is 1.12. The van der Waals surface area contributed by atoms with Crippen LogP contribution in [0.2, 0.25) is 36.3 Å². The van der Waals surface area contributed by atoms with Crippen LogP contribution in [0.1, 0.15) is 52.7 Å². The molecule has 0 atom stereocenters. The minimum atomic E-state index is -1.37. The maximum Gasteiger partial charge on any atom is 0.0862 e. The number of rotatable bonds is 10. The van der Waals surface area contributed by atoms with Gasteiger partial charge in [-0.05, 0) is 17.5 Å². The third kappa shape index (κ3) is 4.32. The van der Waals surface area contributed by atoms with E-state index >= 15 is 0 Å². The Morgan fingerprint density at radius 1 is 0.481 bits per heavy atom. The highest BCUT2D eigenvalue weighted by molar-refractivity contribution is 6.92. The van der Waals surface area contributed by atoms with E-state index in [1.165, 1.54) is 36.3 Å². The van der Waals surface area contributed by atoms with Gasteiger partial charge in [0.25, 0.3) is 0 Å². The van der Waals surface area contributed by atoms with Crippen LogP contribution in [-0.2, 0) is 6.42 Å². The van der Waals surface area contributed by atoms with Crippen LogP contribution in [-0.4, -0.2) is 16.1 Å². The molecule has 0 aliphatic rings. The van der Waals surface area contributed by atoms with E-state index in [0.717, 1.165) is 6.42 Å². The average molecular weight is 397 g/mol. The van der Waals surface area contributed by atoms with E-state index in [2.05, 4.69) is 90.1 Å². The summed E-state index contributed by atoms with van der Waals surface area (Å²) in [6.07, 6.45) is 1.12. The summed E-state index contributed by atoms with van der Waals surface area (Å²) in [7, 11) is -2.74. The SMILES string of the molecule is CC[Si](CC)(CC)c1ccccc1Cc1ccccc1[Si](CC)(CC)CC. The van der Waals surface area contributed by atoms with Crippen molar-refractivity contribution in [1.29, 1.82) is 0 Å². The van der Waals surface area contributed by atoms with Crippen molar-refractivity contribution in [3.05, 3.63) is 59.7 Å². The Kier molecular flexibility index (Phi) is 8.11. The molecule has 0 unspecified atom stereocenters. The van der Waals surface area contributed by atoms with Gasteiger partial charge in [0.1, 0.15) is 0 Å². The van der Waals surface area contributed by atoms with Crippen molar-refractivity contribution >= 4 is 26.5 Å². The fraction of sp³-hybridized carbons (Fsp3) is 0.520. The lowest BCUT2D eigenvalue weighted by atomic mass is 10.0. The smallest absolute Gasteiger partial charge is 0.0675 e. The van der Waals surface area contributed by atoms with Crippen LogP contribution in [0.15, 0.2) is 48.5 Å². The Balaban J connectivity index is 2.55. The molecule has 0 aliphatic carbocycles. The lowest BCUT2D eigenvalue weighted by molar-refractivity contribution is 1.15. The summed E-state index contributed by atoms with van der Waals surface area (Å²) in [6.45, 7) is 14.5. The van der Waals surface area contributed by atoms with Crippen molar-refractivity contribution in [1.82, 2.24) is 0 Å². The molecular weight excluding hydrogens is 356 g/mol.